The van der Waals surface area contributed by atoms with Crippen molar-refractivity contribution in [2.45, 2.75) is 54.9 Å². The van der Waals surface area contributed by atoms with Crippen LogP contribution in [0, 0.1) is 18.8 Å². The number of thiophene rings is 1. The van der Waals surface area contributed by atoms with Crippen LogP contribution in [0.4, 0.5) is 17.1 Å². The predicted octanol–water partition coefficient (Wildman–Crippen LogP) is 13.1. The molecule has 4 atom stereocenters. The van der Waals surface area contributed by atoms with Gasteiger partial charge in [0.2, 0.25) is 0 Å². The van der Waals surface area contributed by atoms with Gasteiger partial charge in [-0.2, -0.15) is 0 Å². The topological polar surface area (TPSA) is 6.48 Å². The third kappa shape index (κ3) is 4.61. The lowest BCUT2D eigenvalue weighted by molar-refractivity contribution is 0.374. The molecule has 4 heteroatoms. The summed E-state index contributed by atoms with van der Waals surface area (Å²) in [5.74, 6) is 1.22. The van der Waals surface area contributed by atoms with E-state index >= 15 is 0 Å². The Morgan fingerprint density at radius 3 is 2.33 bits per heavy atom. The second-order valence-electron chi connectivity index (χ2n) is 14.1. The molecule has 1 aromatic heterocycles. The van der Waals surface area contributed by atoms with E-state index in [1.807, 2.05) is 23.1 Å². The molecule has 2 heterocycles. The fraction of sp³-hybridized carbons (Fsp3) is 0.200. The second-order valence-corrected chi connectivity index (χ2v) is 16.2. The molecule has 3 aliphatic carbocycles. The highest BCUT2D eigenvalue weighted by atomic mass is 32.2. The third-order valence-corrected chi connectivity index (χ3v) is 13.5. The monoisotopic (exact) mass is 670 g/mol. The Bertz CT molecular complexity index is 2330. The summed E-state index contributed by atoms with van der Waals surface area (Å²) in [6.07, 6.45) is 12.9. The fourth-order valence-electron chi connectivity index (χ4n) is 9.18. The van der Waals surface area contributed by atoms with Gasteiger partial charge in [-0.3, -0.25) is 0 Å². The van der Waals surface area contributed by atoms with Gasteiger partial charge in [-0.25, -0.2) is 0 Å². The quantitative estimate of drug-likeness (QED) is 0.184. The first-order valence-corrected chi connectivity index (χ1v) is 19.3. The zero-order valence-corrected chi connectivity index (χ0v) is 29.5. The van der Waals surface area contributed by atoms with Crippen molar-refractivity contribution >= 4 is 60.3 Å². The molecule has 5 aromatic carbocycles. The van der Waals surface area contributed by atoms with Crippen LogP contribution in [0.15, 0.2) is 155 Å². The molecule has 240 valence electrons. The van der Waals surface area contributed by atoms with Crippen molar-refractivity contribution in [3.05, 3.63) is 162 Å². The van der Waals surface area contributed by atoms with Crippen molar-refractivity contribution in [3.63, 3.8) is 0 Å². The maximum atomic E-state index is 2.71. The average molecular weight is 671 g/mol. The zero-order valence-electron chi connectivity index (χ0n) is 27.8. The first kappa shape index (κ1) is 29.4. The highest BCUT2D eigenvalue weighted by Crippen LogP contribution is 2.61. The van der Waals surface area contributed by atoms with Crippen molar-refractivity contribution in [2.24, 2.45) is 11.8 Å². The minimum atomic E-state index is 0.206. The molecule has 0 radical (unpaired) electrons. The van der Waals surface area contributed by atoms with E-state index in [-0.39, 0.29) is 6.04 Å². The molecule has 0 spiro atoms. The van der Waals surface area contributed by atoms with Crippen LogP contribution in [-0.2, 0) is 0 Å². The Labute approximate surface area is 297 Å². The van der Waals surface area contributed by atoms with Gasteiger partial charge in [-0.1, -0.05) is 104 Å². The van der Waals surface area contributed by atoms with Gasteiger partial charge < -0.3 is 9.80 Å². The van der Waals surface area contributed by atoms with Crippen LogP contribution >= 0.6 is 23.1 Å². The van der Waals surface area contributed by atoms with Gasteiger partial charge in [-0.15, -0.1) is 11.3 Å². The van der Waals surface area contributed by atoms with Crippen LogP contribution in [0.2, 0.25) is 0 Å². The van der Waals surface area contributed by atoms with E-state index in [1.165, 1.54) is 69.5 Å². The predicted molar refractivity (Wildman–Crippen MR) is 209 cm³/mol. The second kappa shape index (κ2) is 11.5. The number of allylic oxidation sites excluding steroid dienone is 5. The Hall–Kier alpha value is -4.51. The molecule has 49 heavy (non-hydrogen) atoms. The third-order valence-electron chi connectivity index (χ3n) is 11.3. The largest absolute Gasteiger partial charge is 0.331 e. The fourth-order valence-corrected chi connectivity index (χ4v) is 11.4. The van der Waals surface area contributed by atoms with Crippen LogP contribution in [0.3, 0.4) is 0 Å². The van der Waals surface area contributed by atoms with E-state index in [9.17, 15) is 0 Å². The standard InChI is InChI=1S/C45H38N2S2/c1-28-13-12-17-34-44(28)35-25-29(2)39(27-36(35)45(34)47-37-18-7-10-21-41(37)49-42-22-11-8-19-38(42)47)46(30-14-4-3-5-15-30)31-23-24-33-32-16-6-9-20-40(32)48-43(33)26-31/h3-4,6-14,16-24,26-27,29,35-36,45H,5,15,25H2,1-2H3. The van der Waals surface area contributed by atoms with Crippen molar-refractivity contribution in [1.29, 1.82) is 0 Å². The maximum absolute atomic E-state index is 2.71. The highest BCUT2D eigenvalue weighted by Gasteiger charge is 2.48. The normalized spacial score (nSPS) is 22.3. The number of hydrogen-bond acceptors (Lipinski definition) is 4. The molecule has 0 amide bonds. The molecular weight excluding hydrogens is 633 g/mol. The minimum absolute atomic E-state index is 0.206. The van der Waals surface area contributed by atoms with Gasteiger partial charge in [0.15, 0.2) is 0 Å². The van der Waals surface area contributed by atoms with E-state index in [1.54, 1.807) is 5.56 Å². The SMILES string of the molecule is Cc1cccc2c1C1CC(C)C(N(C3=CC=CCC3)c3ccc4c(c3)sc3ccccc34)=CC1C2N1c2ccccc2Sc2ccccc21. The average Bonchev–Trinajstić information content (AvgIpc) is 3.66. The highest BCUT2D eigenvalue weighted by molar-refractivity contribution is 7.99. The number of nitrogens with zero attached hydrogens (tertiary/aromatic N) is 2. The summed E-state index contributed by atoms with van der Waals surface area (Å²) >= 11 is 3.82. The summed E-state index contributed by atoms with van der Waals surface area (Å²) in [5.41, 5.74) is 11.3. The van der Waals surface area contributed by atoms with Gasteiger partial charge in [0.25, 0.3) is 0 Å². The van der Waals surface area contributed by atoms with E-state index in [4.69, 9.17) is 0 Å². The Kier molecular flexibility index (Phi) is 6.93. The zero-order chi connectivity index (χ0) is 32.6. The lowest BCUT2D eigenvalue weighted by Gasteiger charge is -2.44. The molecule has 0 saturated heterocycles. The molecule has 10 rings (SSSR count). The molecule has 2 nitrogen and oxygen atoms in total. The number of fused-ring (bicyclic) bond motifs is 8. The number of para-hydroxylation sites is 2. The minimum Gasteiger partial charge on any atom is -0.331 e. The first-order valence-electron chi connectivity index (χ1n) is 17.7. The lowest BCUT2D eigenvalue weighted by atomic mass is 9.75. The smallest absolute Gasteiger partial charge is 0.0664 e. The van der Waals surface area contributed by atoms with Gasteiger partial charge >= 0.3 is 0 Å². The van der Waals surface area contributed by atoms with E-state index in [0.29, 0.717) is 17.8 Å². The van der Waals surface area contributed by atoms with Gasteiger partial charge in [-0.05, 0) is 103 Å². The summed E-state index contributed by atoms with van der Waals surface area (Å²) in [4.78, 5) is 8.02. The van der Waals surface area contributed by atoms with Gasteiger partial charge in [0.1, 0.15) is 0 Å². The number of rotatable bonds is 4. The number of anilines is 3. The van der Waals surface area contributed by atoms with Crippen molar-refractivity contribution in [3.8, 4) is 0 Å². The molecule has 6 aromatic rings. The number of benzene rings is 5. The van der Waals surface area contributed by atoms with Crippen molar-refractivity contribution in [2.75, 3.05) is 9.80 Å². The van der Waals surface area contributed by atoms with Gasteiger partial charge in [0.05, 0.1) is 17.4 Å². The Morgan fingerprint density at radius 2 is 1.53 bits per heavy atom. The maximum Gasteiger partial charge on any atom is 0.0664 e. The van der Waals surface area contributed by atoms with Crippen molar-refractivity contribution < 1.29 is 0 Å². The summed E-state index contributed by atoms with van der Waals surface area (Å²) in [6, 6.07) is 41.4. The first-order chi connectivity index (χ1) is 24.1. The van der Waals surface area contributed by atoms with Crippen LogP contribution in [0.5, 0.6) is 0 Å². The van der Waals surface area contributed by atoms with Crippen molar-refractivity contribution in [1.82, 2.24) is 0 Å². The number of aryl methyl sites for hydroxylation is 1. The molecule has 4 aliphatic rings. The Balaban J connectivity index is 1.17. The molecule has 0 fully saturated rings. The van der Waals surface area contributed by atoms with E-state index < -0.39 is 0 Å². The molecule has 1 aliphatic heterocycles. The number of hydrogen-bond donors (Lipinski definition) is 0. The van der Waals surface area contributed by atoms with E-state index in [0.717, 1.165) is 19.3 Å². The van der Waals surface area contributed by atoms with Crippen LogP contribution in [0.25, 0.3) is 20.2 Å². The van der Waals surface area contributed by atoms with Crippen LogP contribution in [-0.4, -0.2) is 0 Å². The summed E-state index contributed by atoms with van der Waals surface area (Å²) in [7, 11) is 0. The summed E-state index contributed by atoms with van der Waals surface area (Å²) in [5, 5.41) is 2.71. The molecular formula is C45H38N2S2. The molecule has 4 unspecified atom stereocenters. The molecule has 0 N–H and O–H groups in total. The summed E-state index contributed by atoms with van der Waals surface area (Å²) < 4.78 is 2.72. The molecule has 0 saturated carbocycles. The van der Waals surface area contributed by atoms with Crippen LogP contribution < -0.4 is 9.80 Å². The summed E-state index contributed by atoms with van der Waals surface area (Å²) in [6.45, 7) is 4.81. The van der Waals surface area contributed by atoms with E-state index in [2.05, 4.69) is 157 Å². The van der Waals surface area contributed by atoms with Crippen LogP contribution in [0.1, 0.15) is 54.8 Å². The molecule has 0 bridgehead atoms. The van der Waals surface area contributed by atoms with Gasteiger partial charge in [0, 0.05) is 53.0 Å². The lowest BCUT2D eigenvalue weighted by Crippen LogP contribution is -2.35. The Morgan fingerprint density at radius 1 is 0.776 bits per heavy atom.